The van der Waals surface area contributed by atoms with Crippen LogP contribution in [0.2, 0.25) is 0 Å². The summed E-state index contributed by atoms with van der Waals surface area (Å²) >= 11 is 0. The van der Waals surface area contributed by atoms with E-state index < -0.39 is 0 Å². The van der Waals surface area contributed by atoms with Crippen LogP contribution >= 0.6 is 0 Å². The highest BCUT2D eigenvalue weighted by Crippen LogP contribution is 2.24. The lowest BCUT2D eigenvalue weighted by Gasteiger charge is -2.35. The maximum absolute atomic E-state index is 12.5. The van der Waals surface area contributed by atoms with Crippen LogP contribution in [-0.4, -0.2) is 36.9 Å². The Morgan fingerprint density at radius 3 is 2.52 bits per heavy atom. The van der Waals surface area contributed by atoms with Gasteiger partial charge < -0.3 is 9.73 Å². The minimum atomic E-state index is -0.00310. The van der Waals surface area contributed by atoms with Crippen molar-refractivity contribution in [3.05, 3.63) is 72.0 Å². The first-order valence-electron chi connectivity index (χ1n) is 9.83. The number of piperidine rings is 1. The van der Waals surface area contributed by atoms with Crippen LogP contribution in [0.15, 0.2) is 65.1 Å². The number of carbonyl (C=O) groups excluding carboxylic acids is 1. The monoisotopic (exact) mass is 362 g/mol. The molecule has 1 unspecified atom stereocenters. The SMILES string of the molecule is O=C(CNCC(c1ccccc1)N1CCCCC1)c1cc2ccccc2o1. The third-order valence-corrected chi connectivity index (χ3v) is 5.34. The number of likely N-dealkylation sites (tertiary alicyclic amines) is 1. The minimum Gasteiger partial charge on any atom is -0.453 e. The molecular weight excluding hydrogens is 336 g/mol. The number of nitrogens with zero attached hydrogens (tertiary/aromatic N) is 1. The van der Waals surface area contributed by atoms with Crippen molar-refractivity contribution < 1.29 is 9.21 Å². The molecule has 140 valence electrons. The summed E-state index contributed by atoms with van der Waals surface area (Å²) < 4.78 is 5.69. The van der Waals surface area contributed by atoms with Gasteiger partial charge in [-0.25, -0.2) is 0 Å². The Kier molecular flexibility index (Phi) is 5.66. The van der Waals surface area contributed by atoms with E-state index in [9.17, 15) is 4.79 Å². The summed E-state index contributed by atoms with van der Waals surface area (Å²) in [5.41, 5.74) is 2.07. The third kappa shape index (κ3) is 4.29. The van der Waals surface area contributed by atoms with Crippen molar-refractivity contribution in [3.8, 4) is 0 Å². The van der Waals surface area contributed by atoms with Crippen LogP contribution in [0.4, 0.5) is 0 Å². The topological polar surface area (TPSA) is 45.5 Å². The van der Waals surface area contributed by atoms with Gasteiger partial charge in [-0.1, -0.05) is 55.0 Å². The Hall–Kier alpha value is -2.43. The van der Waals surface area contributed by atoms with Crippen LogP contribution in [0, 0.1) is 0 Å². The van der Waals surface area contributed by atoms with Gasteiger partial charge in [0.1, 0.15) is 5.58 Å². The number of Topliss-reactive ketones (excluding diaryl/α,β-unsaturated/α-hetero) is 1. The molecule has 1 aromatic heterocycles. The molecule has 0 radical (unpaired) electrons. The number of hydrogen-bond donors (Lipinski definition) is 1. The average molecular weight is 362 g/mol. The van der Waals surface area contributed by atoms with Crippen molar-refractivity contribution in [2.45, 2.75) is 25.3 Å². The van der Waals surface area contributed by atoms with Crippen molar-refractivity contribution in [2.75, 3.05) is 26.2 Å². The van der Waals surface area contributed by atoms with Gasteiger partial charge in [0.25, 0.3) is 0 Å². The van der Waals surface area contributed by atoms with Gasteiger partial charge in [-0.2, -0.15) is 0 Å². The lowest BCUT2D eigenvalue weighted by atomic mass is 10.0. The third-order valence-electron chi connectivity index (χ3n) is 5.34. The molecule has 2 heterocycles. The lowest BCUT2D eigenvalue weighted by molar-refractivity contribution is 0.0959. The minimum absolute atomic E-state index is 0.00310. The van der Waals surface area contributed by atoms with Crippen LogP contribution < -0.4 is 5.32 Å². The molecule has 1 N–H and O–H groups in total. The number of carbonyl (C=O) groups is 1. The molecule has 1 fully saturated rings. The Bertz CT molecular complexity index is 849. The maximum Gasteiger partial charge on any atom is 0.211 e. The molecule has 27 heavy (non-hydrogen) atoms. The van der Waals surface area contributed by atoms with E-state index in [4.69, 9.17) is 4.42 Å². The predicted octanol–water partition coefficient (Wildman–Crippen LogP) is 4.43. The molecule has 0 spiro atoms. The van der Waals surface area contributed by atoms with Gasteiger partial charge in [-0.05, 0) is 43.6 Å². The van der Waals surface area contributed by atoms with E-state index >= 15 is 0 Å². The molecule has 4 heteroatoms. The summed E-state index contributed by atoms with van der Waals surface area (Å²) in [7, 11) is 0. The smallest absolute Gasteiger partial charge is 0.211 e. The highest BCUT2D eigenvalue weighted by molar-refractivity contribution is 5.98. The number of benzene rings is 2. The zero-order chi connectivity index (χ0) is 18.5. The number of rotatable bonds is 7. The second-order valence-corrected chi connectivity index (χ2v) is 7.23. The summed E-state index contributed by atoms with van der Waals surface area (Å²) in [4.78, 5) is 15.1. The van der Waals surface area contributed by atoms with Crippen LogP contribution in [-0.2, 0) is 0 Å². The summed E-state index contributed by atoms with van der Waals surface area (Å²) in [6.07, 6.45) is 3.82. The zero-order valence-corrected chi connectivity index (χ0v) is 15.6. The van der Waals surface area contributed by atoms with Gasteiger partial charge in [-0.3, -0.25) is 9.69 Å². The molecule has 4 rings (SSSR count). The van der Waals surface area contributed by atoms with Gasteiger partial charge in [-0.15, -0.1) is 0 Å². The second kappa shape index (κ2) is 8.51. The number of para-hydroxylation sites is 1. The largest absolute Gasteiger partial charge is 0.453 e. The predicted molar refractivity (Wildman–Crippen MR) is 108 cm³/mol. The molecule has 1 atom stereocenters. The standard InChI is InChI=1S/C23H26N2O2/c26-21(23-15-19-11-5-6-12-22(19)27-23)17-24-16-20(18-9-3-1-4-10-18)25-13-7-2-8-14-25/h1,3-6,9-12,15,20,24H,2,7-8,13-14,16-17H2. The average Bonchev–Trinajstić information content (AvgIpc) is 3.17. The van der Waals surface area contributed by atoms with Crippen molar-refractivity contribution in [2.24, 2.45) is 0 Å². The molecule has 1 aliphatic heterocycles. The molecule has 0 aliphatic carbocycles. The molecule has 4 nitrogen and oxygen atoms in total. The summed E-state index contributed by atoms with van der Waals surface area (Å²) in [5.74, 6) is 0.426. The Morgan fingerprint density at radius 1 is 1.00 bits per heavy atom. The Balaban J connectivity index is 1.40. The maximum atomic E-state index is 12.5. The van der Waals surface area contributed by atoms with Crippen LogP contribution in [0.5, 0.6) is 0 Å². The normalized spacial score (nSPS) is 16.4. The van der Waals surface area contributed by atoms with Gasteiger partial charge in [0, 0.05) is 18.0 Å². The molecule has 2 aromatic carbocycles. The van der Waals surface area contributed by atoms with Crippen LogP contribution in [0.1, 0.15) is 41.4 Å². The van der Waals surface area contributed by atoms with E-state index in [2.05, 4.69) is 40.5 Å². The van der Waals surface area contributed by atoms with Crippen molar-refractivity contribution in [3.63, 3.8) is 0 Å². The van der Waals surface area contributed by atoms with Gasteiger partial charge in [0.15, 0.2) is 5.76 Å². The fourth-order valence-corrected chi connectivity index (χ4v) is 3.89. The summed E-state index contributed by atoms with van der Waals surface area (Å²) in [5, 5.41) is 4.34. The molecule has 0 saturated carbocycles. The number of hydrogen-bond acceptors (Lipinski definition) is 4. The van der Waals surface area contributed by atoms with E-state index in [1.165, 1.54) is 24.8 Å². The molecule has 1 aliphatic rings. The van der Waals surface area contributed by atoms with E-state index in [0.717, 1.165) is 30.6 Å². The fourth-order valence-electron chi connectivity index (χ4n) is 3.89. The summed E-state index contributed by atoms with van der Waals surface area (Å²) in [6, 6.07) is 20.5. The quantitative estimate of drug-likeness (QED) is 0.632. The highest BCUT2D eigenvalue weighted by Gasteiger charge is 2.22. The van der Waals surface area contributed by atoms with Crippen molar-refractivity contribution in [1.82, 2.24) is 10.2 Å². The van der Waals surface area contributed by atoms with E-state index in [1.807, 2.05) is 30.3 Å². The fraction of sp³-hybridized carbons (Fsp3) is 0.348. The number of furan rings is 1. The zero-order valence-electron chi connectivity index (χ0n) is 15.6. The molecule has 3 aromatic rings. The first-order valence-corrected chi connectivity index (χ1v) is 9.83. The second-order valence-electron chi connectivity index (χ2n) is 7.23. The van der Waals surface area contributed by atoms with E-state index in [1.54, 1.807) is 0 Å². The van der Waals surface area contributed by atoms with Gasteiger partial charge in [0.2, 0.25) is 5.78 Å². The first-order chi connectivity index (χ1) is 13.3. The first kappa shape index (κ1) is 18.0. The van der Waals surface area contributed by atoms with E-state index in [-0.39, 0.29) is 12.3 Å². The van der Waals surface area contributed by atoms with Crippen molar-refractivity contribution >= 4 is 16.8 Å². The lowest BCUT2D eigenvalue weighted by Crippen LogP contribution is -2.40. The highest BCUT2D eigenvalue weighted by atomic mass is 16.3. The Morgan fingerprint density at radius 2 is 1.74 bits per heavy atom. The molecule has 0 amide bonds. The number of nitrogens with one attached hydrogen (secondary N) is 1. The Labute approximate surface area is 160 Å². The molecule has 0 bridgehead atoms. The van der Waals surface area contributed by atoms with Crippen LogP contribution in [0.25, 0.3) is 11.0 Å². The molecule has 1 saturated heterocycles. The number of ketones is 1. The number of fused-ring (bicyclic) bond motifs is 1. The van der Waals surface area contributed by atoms with Gasteiger partial charge in [0.05, 0.1) is 6.54 Å². The van der Waals surface area contributed by atoms with Gasteiger partial charge >= 0.3 is 0 Å². The summed E-state index contributed by atoms with van der Waals surface area (Å²) in [6.45, 7) is 3.30. The van der Waals surface area contributed by atoms with E-state index in [0.29, 0.717) is 11.8 Å². The van der Waals surface area contributed by atoms with Crippen molar-refractivity contribution in [1.29, 1.82) is 0 Å². The molecular formula is C23H26N2O2. The van der Waals surface area contributed by atoms with Crippen LogP contribution in [0.3, 0.4) is 0 Å².